The van der Waals surface area contributed by atoms with E-state index in [0.29, 0.717) is 11.0 Å². The number of aromatic nitrogens is 3. The number of nitrogens with zero attached hydrogens (tertiary/aromatic N) is 3. The highest BCUT2D eigenvalue weighted by Crippen LogP contribution is 2.23. The number of anilines is 1. The minimum absolute atomic E-state index is 0.0524. The van der Waals surface area contributed by atoms with Crippen LogP contribution in [0.1, 0.15) is 20.7 Å². The van der Waals surface area contributed by atoms with Crippen LogP contribution in [0.3, 0.4) is 0 Å². The van der Waals surface area contributed by atoms with E-state index < -0.39 is 11.9 Å². The average Bonchev–Trinajstić information content (AvgIpc) is 3.17. The molecule has 1 amide bonds. The lowest BCUT2D eigenvalue weighted by Gasteiger charge is -2.09. The Balaban J connectivity index is 1.71. The van der Waals surface area contributed by atoms with Gasteiger partial charge in [0.25, 0.3) is 0 Å². The van der Waals surface area contributed by atoms with Crippen LogP contribution in [-0.2, 0) is 21.3 Å². The fraction of sp³-hybridized carbons (Fsp3) is 0.190. The third-order valence-electron chi connectivity index (χ3n) is 4.26. The molecule has 0 aliphatic carbocycles. The monoisotopic (exact) mass is 440 g/mol. The molecule has 0 saturated heterocycles. The van der Waals surface area contributed by atoms with Crippen molar-refractivity contribution >= 4 is 35.3 Å². The number of benzene rings is 2. The second-order valence-electron chi connectivity index (χ2n) is 6.35. The fourth-order valence-electron chi connectivity index (χ4n) is 2.78. The molecule has 9 nitrogen and oxygen atoms in total. The Hall–Kier alpha value is -3.66. The lowest BCUT2D eigenvalue weighted by Crippen LogP contribution is -2.16. The summed E-state index contributed by atoms with van der Waals surface area (Å²) in [5, 5.41) is 11.6. The van der Waals surface area contributed by atoms with Crippen molar-refractivity contribution in [3.63, 3.8) is 0 Å². The Morgan fingerprint density at radius 1 is 0.968 bits per heavy atom. The molecule has 1 aromatic heterocycles. The van der Waals surface area contributed by atoms with Crippen molar-refractivity contribution in [2.24, 2.45) is 7.05 Å². The first-order chi connectivity index (χ1) is 14.9. The maximum Gasteiger partial charge on any atom is 0.337 e. The predicted octanol–water partition coefficient (Wildman–Crippen LogP) is 2.79. The number of hydrogen-bond donors (Lipinski definition) is 1. The van der Waals surface area contributed by atoms with Gasteiger partial charge in [-0.05, 0) is 18.2 Å². The number of methoxy groups -OCH3 is 2. The second-order valence-corrected chi connectivity index (χ2v) is 7.29. The zero-order valence-corrected chi connectivity index (χ0v) is 17.9. The standard InChI is InChI=1S/C21H20N4O5S/c1-25-18(13-7-5-4-6-8-13)23-24-21(25)31-12-17(26)22-16-10-14(19(27)29-2)9-15(11-16)20(28)30-3/h4-11H,12H2,1-3H3,(H,22,26). The summed E-state index contributed by atoms with van der Waals surface area (Å²) in [6, 6.07) is 13.8. The van der Waals surface area contributed by atoms with Gasteiger partial charge in [0.15, 0.2) is 11.0 Å². The Morgan fingerprint density at radius 3 is 2.16 bits per heavy atom. The molecule has 31 heavy (non-hydrogen) atoms. The van der Waals surface area contributed by atoms with E-state index in [2.05, 4.69) is 15.5 Å². The van der Waals surface area contributed by atoms with Gasteiger partial charge in [-0.25, -0.2) is 9.59 Å². The maximum absolute atomic E-state index is 12.5. The van der Waals surface area contributed by atoms with Crippen molar-refractivity contribution in [3.05, 3.63) is 59.7 Å². The molecule has 0 radical (unpaired) electrons. The summed E-state index contributed by atoms with van der Waals surface area (Å²) in [5.74, 6) is -0.869. The molecule has 0 saturated carbocycles. The third kappa shape index (κ3) is 5.28. The molecule has 3 aromatic rings. The zero-order valence-electron chi connectivity index (χ0n) is 17.1. The number of esters is 2. The molecule has 0 bridgehead atoms. The van der Waals surface area contributed by atoms with Crippen molar-refractivity contribution in [1.29, 1.82) is 0 Å². The van der Waals surface area contributed by atoms with E-state index in [1.807, 2.05) is 37.4 Å². The van der Waals surface area contributed by atoms with E-state index in [1.165, 1.54) is 44.2 Å². The van der Waals surface area contributed by atoms with E-state index in [9.17, 15) is 14.4 Å². The summed E-state index contributed by atoms with van der Waals surface area (Å²) in [7, 11) is 4.28. The summed E-state index contributed by atoms with van der Waals surface area (Å²) >= 11 is 1.21. The van der Waals surface area contributed by atoms with Crippen LogP contribution in [0, 0.1) is 0 Å². The molecule has 1 N–H and O–H groups in total. The van der Waals surface area contributed by atoms with Gasteiger partial charge in [-0.3, -0.25) is 4.79 Å². The van der Waals surface area contributed by atoms with Crippen molar-refractivity contribution in [2.75, 3.05) is 25.3 Å². The summed E-state index contributed by atoms with van der Waals surface area (Å²) in [5.41, 5.74) is 1.43. The largest absolute Gasteiger partial charge is 0.465 e. The molecular weight excluding hydrogens is 420 g/mol. The minimum atomic E-state index is -0.636. The van der Waals surface area contributed by atoms with Crippen LogP contribution >= 0.6 is 11.8 Å². The number of nitrogens with one attached hydrogen (secondary N) is 1. The summed E-state index contributed by atoms with van der Waals surface area (Å²) in [6.45, 7) is 0. The predicted molar refractivity (Wildman–Crippen MR) is 115 cm³/mol. The van der Waals surface area contributed by atoms with Gasteiger partial charge in [-0.2, -0.15) is 0 Å². The average molecular weight is 440 g/mol. The number of hydrogen-bond acceptors (Lipinski definition) is 8. The quantitative estimate of drug-likeness (QED) is 0.441. The van der Waals surface area contributed by atoms with Crippen LogP contribution in [-0.4, -0.2) is 52.6 Å². The van der Waals surface area contributed by atoms with Gasteiger partial charge in [0.2, 0.25) is 5.91 Å². The number of carbonyl (C=O) groups excluding carboxylic acids is 3. The number of thioether (sulfide) groups is 1. The highest BCUT2D eigenvalue weighted by molar-refractivity contribution is 7.99. The first-order valence-corrected chi connectivity index (χ1v) is 10.1. The zero-order chi connectivity index (χ0) is 22.4. The Kier molecular flexibility index (Phi) is 7.03. The smallest absolute Gasteiger partial charge is 0.337 e. The Bertz CT molecular complexity index is 1080. The van der Waals surface area contributed by atoms with Gasteiger partial charge in [0, 0.05) is 18.3 Å². The Labute approximate surface area is 182 Å². The van der Waals surface area contributed by atoms with Crippen molar-refractivity contribution in [2.45, 2.75) is 5.16 Å². The van der Waals surface area contributed by atoms with E-state index in [0.717, 1.165) is 5.56 Å². The summed E-state index contributed by atoms with van der Waals surface area (Å²) in [6.07, 6.45) is 0. The summed E-state index contributed by atoms with van der Waals surface area (Å²) < 4.78 is 11.2. The van der Waals surface area contributed by atoms with Gasteiger partial charge in [-0.1, -0.05) is 42.1 Å². The van der Waals surface area contributed by atoms with E-state index in [-0.39, 0.29) is 28.5 Å². The lowest BCUT2D eigenvalue weighted by atomic mass is 10.1. The van der Waals surface area contributed by atoms with Gasteiger partial charge >= 0.3 is 11.9 Å². The van der Waals surface area contributed by atoms with Crippen molar-refractivity contribution < 1.29 is 23.9 Å². The molecule has 0 fully saturated rings. The molecule has 0 unspecified atom stereocenters. The second kappa shape index (κ2) is 9.90. The molecule has 160 valence electrons. The molecule has 0 spiro atoms. The SMILES string of the molecule is COC(=O)c1cc(NC(=O)CSc2nnc(-c3ccccc3)n2C)cc(C(=O)OC)c1. The van der Waals surface area contributed by atoms with E-state index >= 15 is 0 Å². The normalized spacial score (nSPS) is 10.4. The summed E-state index contributed by atoms with van der Waals surface area (Å²) in [4.78, 5) is 36.2. The maximum atomic E-state index is 12.5. The van der Waals surface area contributed by atoms with Gasteiger partial charge < -0.3 is 19.4 Å². The van der Waals surface area contributed by atoms with Gasteiger partial charge in [-0.15, -0.1) is 10.2 Å². The van der Waals surface area contributed by atoms with Crippen LogP contribution in [0.25, 0.3) is 11.4 Å². The number of ether oxygens (including phenoxy) is 2. The Morgan fingerprint density at radius 2 is 1.58 bits per heavy atom. The third-order valence-corrected chi connectivity index (χ3v) is 5.28. The molecule has 0 aliphatic heterocycles. The van der Waals surface area contributed by atoms with Crippen LogP contribution in [0.5, 0.6) is 0 Å². The molecule has 0 atom stereocenters. The first-order valence-electron chi connectivity index (χ1n) is 9.12. The van der Waals surface area contributed by atoms with Crippen LogP contribution in [0.2, 0.25) is 0 Å². The lowest BCUT2D eigenvalue weighted by molar-refractivity contribution is -0.113. The highest BCUT2D eigenvalue weighted by atomic mass is 32.2. The minimum Gasteiger partial charge on any atom is -0.465 e. The molecule has 3 rings (SSSR count). The molecular formula is C21H20N4O5S. The number of carbonyl (C=O) groups is 3. The van der Waals surface area contributed by atoms with Gasteiger partial charge in [0.05, 0.1) is 31.1 Å². The first kappa shape index (κ1) is 22.0. The van der Waals surface area contributed by atoms with E-state index in [4.69, 9.17) is 9.47 Å². The molecule has 1 heterocycles. The van der Waals surface area contributed by atoms with Crippen molar-refractivity contribution in [1.82, 2.24) is 14.8 Å². The number of amides is 1. The highest BCUT2D eigenvalue weighted by Gasteiger charge is 2.16. The van der Waals surface area contributed by atoms with Crippen LogP contribution < -0.4 is 5.32 Å². The number of rotatable bonds is 7. The van der Waals surface area contributed by atoms with Crippen molar-refractivity contribution in [3.8, 4) is 11.4 Å². The van der Waals surface area contributed by atoms with E-state index in [1.54, 1.807) is 4.57 Å². The van der Waals surface area contributed by atoms with Crippen LogP contribution in [0.15, 0.2) is 53.7 Å². The van der Waals surface area contributed by atoms with Crippen LogP contribution in [0.4, 0.5) is 5.69 Å². The molecule has 0 aliphatic rings. The molecule has 2 aromatic carbocycles. The fourth-order valence-corrected chi connectivity index (χ4v) is 3.49. The van der Waals surface area contributed by atoms with Gasteiger partial charge in [0.1, 0.15) is 0 Å². The molecule has 10 heteroatoms. The topological polar surface area (TPSA) is 112 Å².